The molecule has 7 nitrogen and oxygen atoms in total. The predicted octanol–water partition coefficient (Wildman–Crippen LogP) is 4.00. The number of carbonyl (C=O) groups is 2. The predicted molar refractivity (Wildman–Crippen MR) is 138 cm³/mol. The molecule has 0 aliphatic carbocycles. The van der Waals surface area contributed by atoms with Crippen LogP contribution in [0.5, 0.6) is 0 Å². The highest BCUT2D eigenvalue weighted by atomic mass is 16.2. The molecule has 2 amide bonds. The molecule has 2 fully saturated rings. The second-order valence-corrected chi connectivity index (χ2v) is 10.8. The fourth-order valence-electron chi connectivity index (χ4n) is 5.62. The summed E-state index contributed by atoms with van der Waals surface area (Å²) < 4.78 is 1.97. The Morgan fingerprint density at radius 3 is 2.37 bits per heavy atom. The number of aromatic nitrogens is 2. The van der Waals surface area contributed by atoms with Crippen LogP contribution in [0.3, 0.4) is 0 Å². The number of hydrogen-bond acceptors (Lipinski definition) is 4. The smallest absolute Gasteiger partial charge is 0.246 e. The lowest BCUT2D eigenvalue weighted by Gasteiger charge is -2.52. The minimum Gasteiger partial charge on any atom is -0.342 e. The Hall–Kier alpha value is -2.67. The summed E-state index contributed by atoms with van der Waals surface area (Å²) in [6.07, 6.45) is 4.01. The number of unbranched alkanes of at least 4 members (excludes halogenated alkanes) is 1. The topological polar surface area (TPSA) is 70.5 Å². The Labute approximate surface area is 209 Å². The number of piperazine rings is 1. The third-order valence-electron chi connectivity index (χ3n) is 7.53. The fourth-order valence-corrected chi connectivity index (χ4v) is 5.62. The number of piperidine rings is 1. The van der Waals surface area contributed by atoms with Gasteiger partial charge in [-0.2, -0.15) is 5.10 Å². The zero-order valence-corrected chi connectivity index (χ0v) is 22.0. The Morgan fingerprint density at radius 2 is 1.80 bits per heavy atom. The summed E-state index contributed by atoms with van der Waals surface area (Å²) in [5.41, 5.74) is 3.75. The SMILES string of the molecule is CCCCN1C(=O)C(CC(C)C)NC(=O)C12CCN(Cc1ccc(-n3nc(C)cc3C)cc1)CC2. The molecule has 1 spiro atoms. The van der Waals surface area contributed by atoms with Gasteiger partial charge in [-0.3, -0.25) is 14.5 Å². The van der Waals surface area contributed by atoms with Gasteiger partial charge in [-0.15, -0.1) is 0 Å². The lowest BCUT2D eigenvalue weighted by Crippen LogP contribution is -2.73. The number of nitrogens with zero attached hydrogens (tertiary/aromatic N) is 4. The van der Waals surface area contributed by atoms with Crippen molar-refractivity contribution in [1.29, 1.82) is 0 Å². The molecule has 7 heteroatoms. The number of nitrogens with one attached hydrogen (secondary N) is 1. The molecule has 1 unspecified atom stereocenters. The molecule has 2 aliphatic heterocycles. The Balaban J connectivity index is 1.42. The van der Waals surface area contributed by atoms with E-state index in [0.29, 0.717) is 31.7 Å². The van der Waals surface area contributed by atoms with Crippen molar-refractivity contribution in [1.82, 2.24) is 24.9 Å². The van der Waals surface area contributed by atoms with E-state index < -0.39 is 5.54 Å². The van der Waals surface area contributed by atoms with Crippen molar-refractivity contribution in [2.75, 3.05) is 19.6 Å². The van der Waals surface area contributed by atoms with Gasteiger partial charge in [0.2, 0.25) is 11.8 Å². The lowest BCUT2D eigenvalue weighted by molar-refractivity contribution is -0.161. The number of hydrogen-bond donors (Lipinski definition) is 1. The van der Waals surface area contributed by atoms with Crippen molar-refractivity contribution in [3.05, 3.63) is 47.3 Å². The summed E-state index contributed by atoms with van der Waals surface area (Å²) in [5, 5.41) is 7.67. The molecule has 2 aliphatic rings. The third kappa shape index (κ3) is 5.30. The first-order chi connectivity index (χ1) is 16.7. The highest BCUT2D eigenvalue weighted by Gasteiger charge is 2.53. The minimum absolute atomic E-state index is 0.0488. The monoisotopic (exact) mass is 479 g/mol. The molecule has 1 aromatic heterocycles. The maximum Gasteiger partial charge on any atom is 0.246 e. The van der Waals surface area contributed by atoms with E-state index in [9.17, 15) is 9.59 Å². The number of benzene rings is 1. The second-order valence-electron chi connectivity index (χ2n) is 10.8. The van der Waals surface area contributed by atoms with E-state index >= 15 is 0 Å². The van der Waals surface area contributed by atoms with Crippen LogP contribution in [0.15, 0.2) is 30.3 Å². The molecule has 190 valence electrons. The van der Waals surface area contributed by atoms with E-state index in [1.54, 1.807) is 0 Å². The van der Waals surface area contributed by atoms with Gasteiger partial charge in [0.1, 0.15) is 11.6 Å². The number of carbonyl (C=O) groups excluding carboxylic acids is 2. The lowest BCUT2D eigenvalue weighted by atomic mass is 9.80. The van der Waals surface area contributed by atoms with Gasteiger partial charge in [0.15, 0.2) is 0 Å². The summed E-state index contributed by atoms with van der Waals surface area (Å²) in [6, 6.07) is 10.3. The van der Waals surface area contributed by atoms with Gasteiger partial charge < -0.3 is 10.2 Å². The molecule has 4 rings (SSSR count). The van der Waals surface area contributed by atoms with Gasteiger partial charge in [0.05, 0.1) is 11.4 Å². The molecule has 3 heterocycles. The van der Waals surface area contributed by atoms with E-state index in [-0.39, 0.29) is 17.9 Å². The van der Waals surface area contributed by atoms with E-state index in [1.807, 2.05) is 16.5 Å². The molecule has 1 N–H and O–H groups in total. The Kier molecular flexibility index (Phi) is 7.64. The quantitative estimate of drug-likeness (QED) is 0.621. The molecule has 1 atom stereocenters. The third-order valence-corrected chi connectivity index (χ3v) is 7.53. The van der Waals surface area contributed by atoms with Crippen LogP contribution in [0.4, 0.5) is 0 Å². The van der Waals surface area contributed by atoms with Crippen LogP contribution in [0, 0.1) is 19.8 Å². The van der Waals surface area contributed by atoms with Crippen molar-refractivity contribution < 1.29 is 9.59 Å². The normalized spacial score (nSPS) is 20.6. The molecule has 2 saturated heterocycles. The first-order valence-electron chi connectivity index (χ1n) is 13.2. The average Bonchev–Trinajstić information content (AvgIpc) is 3.17. The highest BCUT2D eigenvalue weighted by Crippen LogP contribution is 2.34. The first-order valence-corrected chi connectivity index (χ1v) is 13.2. The van der Waals surface area contributed by atoms with Crippen LogP contribution in [0.2, 0.25) is 0 Å². The summed E-state index contributed by atoms with van der Waals surface area (Å²) in [4.78, 5) is 31.2. The van der Waals surface area contributed by atoms with E-state index in [4.69, 9.17) is 0 Å². The number of likely N-dealkylation sites (tertiary alicyclic amines) is 1. The van der Waals surface area contributed by atoms with Crippen molar-refractivity contribution in [2.24, 2.45) is 5.92 Å². The van der Waals surface area contributed by atoms with Crippen molar-refractivity contribution in [3.8, 4) is 5.69 Å². The summed E-state index contributed by atoms with van der Waals surface area (Å²) in [7, 11) is 0. The van der Waals surface area contributed by atoms with Crippen LogP contribution in [0.25, 0.3) is 5.69 Å². The maximum atomic E-state index is 13.4. The van der Waals surface area contributed by atoms with Crippen LogP contribution >= 0.6 is 0 Å². The Morgan fingerprint density at radius 1 is 1.11 bits per heavy atom. The minimum atomic E-state index is -0.699. The van der Waals surface area contributed by atoms with Gasteiger partial charge in [0.25, 0.3) is 0 Å². The molecule has 0 bridgehead atoms. The van der Waals surface area contributed by atoms with E-state index in [1.165, 1.54) is 5.56 Å². The first kappa shape index (κ1) is 25.4. The van der Waals surface area contributed by atoms with Gasteiger partial charge in [-0.05, 0) is 69.2 Å². The summed E-state index contributed by atoms with van der Waals surface area (Å²) in [6.45, 7) is 13.5. The molecule has 0 radical (unpaired) electrons. The van der Waals surface area contributed by atoms with Crippen molar-refractivity contribution in [3.63, 3.8) is 0 Å². The Bertz CT molecular complexity index is 1030. The van der Waals surface area contributed by atoms with Crippen molar-refractivity contribution >= 4 is 11.8 Å². The average molecular weight is 480 g/mol. The zero-order valence-electron chi connectivity index (χ0n) is 22.0. The molecule has 2 aromatic rings. The highest BCUT2D eigenvalue weighted by molar-refractivity contribution is 6.00. The van der Waals surface area contributed by atoms with Gasteiger partial charge in [-0.25, -0.2) is 4.68 Å². The maximum absolute atomic E-state index is 13.4. The number of aryl methyl sites for hydroxylation is 2. The van der Waals surface area contributed by atoms with Crippen LogP contribution < -0.4 is 5.32 Å². The van der Waals surface area contributed by atoms with Gasteiger partial charge >= 0.3 is 0 Å². The molecular formula is C28H41N5O2. The number of rotatable bonds is 8. The summed E-state index contributed by atoms with van der Waals surface area (Å²) in [5.74, 6) is 0.522. The molecular weight excluding hydrogens is 438 g/mol. The van der Waals surface area contributed by atoms with Gasteiger partial charge in [0, 0.05) is 31.9 Å². The van der Waals surface area contributed by atoms with Crippen LogP contribution in [-0.2, 0) is 16.1 Å². The molecule has 35 heavy (non-hydrogen) atoms. The summed E-state index contributed by atoms with van der Waals surface area (Å²) >= 11 is 0. The standard InChI is InChI=1S/C28H41N5O2/c1-6-7-14-32-26(34)25(17-20(2)3)29-27(35)28(32)12-15-31(16-13-28)19-23-8-10-24(11-9-23)33-22(5)18-21(4)30-33/h8-11,18,20,25H,6-7,12-17,19H2,1-5H3,(H,29,35). The number of amides is 2. The second kappa shape index (κ2) is 10.5. The van der Waals surface area contributed by atoms with Crippen molar-refractivity contribution in [2.45, 2.75) is 84.8 Å². The molecule has 0 saturated carbocycles. The largest absolute Gasteiger partial charge is 0.342 e. The van der Waals surface area contributed by atoms with Crippen LogP contribution in [0.1, 0.15) is 69.8 Å². The van der Waals surface area contributed by atoms with Crippen LogP contribution in [-0.4, -0.2) is 62.6 Å². The zero-order chi connectivity index (χ0) is 25.2. The van der Waals surface area contributed by atoms with E-state index in [2.05, 4.69) is 73.3 Å². The molecule has 1 aromatic carbocycles. The van der Waals surface area contributed by atoms with E-state index in [0.717, 1.165) is 49.6 Å². The van der Waals surface area contributed by atoms with Gasteiger partial charge in [-0.1, -0.05) is 39.3 Å². The fraction of sp³-hybridized carbons (Fsp3) is 0.607.